The number of alkyl halides is 3. The second-order valence-corrected chi connectivity index (χ2v) is 8.09. The minimum Gasteiger partial charge on any atom is -0.506 e. The third-order valence-electron chi connectivity index (χ3n) is 5.98. The molecule has 0 saturated carbocycles. The number of halogens is 4. The lowest BCUT2D eigenvalue weighted by atomic mass is 9.69. The van der Waals surface area contributed by atoms with Crippen LogP contribution in [0.1, 0.15) is 42.9 Å². The van der Waals surface area contributed by atoms with E-state index < -0.39 is 35.8 Å². The summed E-state index contributed by atoms with van der Waals surface area (Å²) < 4.78 is 47.4. The highest BCUT2D eigenvalue weighted by Crippen LogP contribution is 2.56. The number of benzene rings is 2. The molecule has 0 aliphatic heterocycles. The number of aliphatic hydroxyl groups is 1. The van der Waals surface area contributed by atoms with Gasteiger partial charge in [0.1, 0.15) is 5.75 Å². The fourth-order valence-electron chi connectivity index (χ4n) is 4.39. The van der Waals surface area contributed by atoms with Crippen molar-refractivity contribution in [1.82, 2.24) is 0 Å². The molecule has 1 aliphatic carbocycles. The Morgan fingerprint density at radius 3 is 2.65 bits per heavy atom. The van der Waals surface area contributed by atoms with Crippen molar-refractivity contribution < 1.29 is 27.8 Å². The maximum absolute atomic E-state index is 14.2. The average Bonchev–Trinajstić information content (AvgIpc) is 2.72. The molecule has 31 heavy (non-hydrogen) atoms. The maximum Gasteiger partial charge on any atom is 0.419 e. The number of phenols is 1. The molecule has 0 bridgehead atoms. The fraction of sp³-hybridized carbons (Fsp3) is 0.318. The number of fused-ring (bicyclic) bond motifs is 2. The van der Waals surface area contributed by atoms with Crippen LogP contribution in [0.5, 0.6) is 5.75 Å². The molecule has 5 nitrogen and oxygen atoms in total. The first-order chi connectivity index (χ1) is 14.6. The van der Waals surface area contributed by atoms with E-state index in [0.29, 0.717) is 5.39 Å². The Bertz CT molecular complexity index is 1210. The average molecular weight is 454 g/mol. The van der Waals surface area contributed by atoms with E-state index in [4.69, 9.17) is 16.0 Å². The molecule has 0 radical (unpaired) electrons. The summed E-state index contributed by atoms with van der Waals surface area (Å²) in [4.78, 5) is 12.0. The second-order valence-electron chi connectivity index (χ2n) is 7.68. The number of hydrogen-bond acceptors (Lipinski definition) is 5. The van der Waals surface area contributed by atoms with Crippen LogP contribution in [0.3, 0.4) is 0 Å². The van der Waals surface area contributed by atoms with Crippen LogP contribution in [-0.2, 0) is 0 Å². The summed E-state index contributed by atoms with van der Waals surface area (Å²) >= 11 is 6.03. The van der Waals surface area contributed by atoms with Gasteiger partial charge >= 0.3 is 11.8 Å². The van der Waals surface area contributed by atoms with E-state index in [2.05, 4.69) is 5.32 Å². The summed E-state index contributed by atoms with van der Waals surface area (Å²) in [5.74, 6) is -1.04. The predicted molar refractivity (Wildman–Crippen MR) is 111 cm³/mol. The summed E-state index contributed by atoms with van der Waals surface area (Å²) in [6, 6.07) is 7.02. The van der Waals surface area contributed by atoms with E-state index in [-0.39, 0.29) is 39.4 Å². The van der Waals surface area contributed by atoms with Crippen LogP contribution in [0.25, 0.3) is 10.8 Å². The minimum absolute atomic E-state index is 0.0242. The van der Waals surface area contributed by atoms with Gasteiger partial charge in [-0.05, 0) is 48.6 Å². The molecule has 3 N–H and O–H groups in total. The van der Waals surface area contributed by atoms with Crippen LogP contribution >= 0.6 is 11.6 Å². The summed E-state index contributed by atoms with van der Waals surface area (Å²) in [7, 11) is 0. The van der Waals surface area contributed by atoms with E-state index in [9.17, 15) is 28.2 Å². The number of anilines is 1. The zero-order chi connectivity index (χ0) is 22.6. The van der Waals surface area contributed by atoms with Crippen molar-refractivity contribution in [1.29, 1.82) is 0 Å². The smallest absolute Gasteiger partial charge is 0.419 e. The molecule has 1 heterocycles. The number of aromatic hydroxyl groups is 1. The molecule has 0 unspecified atom stereocenters. The van der Waals surface area contributed by atoms with Crippen molar-refractivity contribution >= 4 is 28.1 Å². The number of rotatable bonds is 3. The Kier molecular flexibility index (Phi) is 5.18. The minimum atomic E-state index is -4.96. The van der Waals surface area contributed by atoms with Gasteiger partial charge in [-0.3, -0.25) is 0 Å². The molecule has 2 aromatic carbocycles. The molecule has 1 aromatic heterocycles. The van der Waals surface area contributed by atoms with Crippen molar-refractivity contribution in [3.8, 4) is 5.75 Å². The summed E-state index contributed by atoms with van der Waals surface area (Å²) in [5, 5.41) is 24.9. The van der Waals surface area contributed by atoms with Crippen molar-refractivity contribution in [2.75, 3.05) is 5.32 Å². The highest BCUT2D eigenvalue weighted by molar-refractivity contribution is 6.32. The van der Waals surface area contributed by atoms with Gasteiger partial charge in [-0.15, -0.1) is 0 Å². The third-order valence-corrected chi connectivity index (χ3v) is 6.28. The lowest BCUT2D eigenvalue weighted by molar-refractivity contribution is -0.272. The molecule has 3 aromatic rings. The van der Waals surface area contributed by atoms with Gasteiger partial charge in [0.15, 0.2) is 5.60 Å². The van der Waals surface area contributed by atoms with Crippen molar-refractivity contribution in [3.05, 3.63) is 69.2 Å². The molecule has 1 aliphatic rings. The van der Waals surface area contributed by atoms with Gasteiger partial charge < -0.3 is 19.9 Å². The molecule has 0 amide bonds. The molecular weight excluding hydrogens is 435 g/mol. The molecule has 3 atom stereocenters. The van der Waals surface area contributed by atoms with Crippen LogP contribution in [-0.4, -0.2) is 22.0 Å². The molecule has 0 spiro atoms. The highest BCUT2D eigenvalue weighted by atomic mass is 35.5. The van der Waals surface area contributed by atoms with Gasteiger partial charge in [-0.2, -0.15) is 13.2 Å². The molecule has 0 fully saturated rings. The van der Waals surface area contributed by atoms with Crippen LogP contribution < -0.4 is 10.9 Å². The van der Waals surface area contributed by atoms with Crippen molar-refractivity contribution in [3.63, 3.8) is 0 Å². The largest absolute Gasteiger partial charge is 0.506 e. The lowest BCUT2D eigenvalue weighted by Gasteiger charge is -2.46. The van der Waals surface area contributed by atoms with Crippen LogP contribution in [0, 0.1) is 0 Å². The molecule has 0 saturated heterocycles. The SMILES string of the molecule is CC[C@H]1C[C@@](O)(C(F)(F)F)[C@H](Nc2cccc3c(=O)occc23)c2ccc(Cl)c(O)c21. The zero-order valence-corrected chi connectivity index (χ0v) is 17.1. The molecule has 4 rings (SSSR count). The van der Waals surface area contributed by atoms with Gasteiger partial charge in [0, 0.05) is 16.6 Å². The van der Waals surface area contributed by atoms with E-state index in [1.165, 1.54) is 36.4 Å². The van der Waals surface area contributed by atoms with Gasteiger partial charge in [-0.1, -0.05) is 30.7 Å². The van der Waals surface area contributed by atoms with E-state index >= 15 is 0 Å². The Labute approximate surface area is 180 Å². The molecule has 9 heteroatoms. The zero-order valence-electron chi connectivity index (χ0n) is 16.3. The topological polar surface area (TPSA) is 82.7 Å². The first-order valence-corrected chi connectivity index (χ1v) is 10.0. The Balaban J connectivity index is 1.95. The van der Waals surface area contributed by atoms with Crippen LogP contribution in [0.4, 0.5) is 18.9 Å². The predicted octanol–water partition coefficient (Wildman–Crippen LogP) is 5.50. The van der Waals surface area contributed by atoms with Crippen LogP contribution in [0.15, 0.2) is 51.9 Å². The first kappa shape index (κ1) is 21.5. The highest BCUT2D eigenvalue weighted by Gasteiger charge is 2.62. The Morgan fingerprint density at radius 2 is 1.97 bits per heavy atom. The van der Waals surface area contributed by atoms with Crippen LogP contribution in [0.2, 0.25) is 5.02 Å². The Hall–Kier alpha value is -2.71. The summed E-state index contributed by atoms with van der Waals surface area (Å²) in [6.45, 7) is 1.68. The van der Waals surface area contributed by atoms with E-state index in [1.54, 1.807) is 6.92 Å². The number of hydrogen-bond donors (Lipinski definition) is 3. The first-order valence-electron chi connectivity index (χ1n) is 9.66. The number of phenolic OH excluding ortho intramolecular Hbond substituents is 1. The third kappa shape index (κ3) is 3.34. The van der Waals surface area contributed by atoms with Gasteiger partial charge in [0.25, 0.3) is 0 Å². The standard InChI is InChI=1S/C22H19ClF3NO4/c1-2-11-10-21(30,22(24,25)26)19(14-6-7-15(23)18(28)17(11)14)27-16-5-3-4-13-12(16)8-9-31-20(13)29/h3-9,11,19,27-28,30H,2,10H2,1H3/t11-,19+,21-/m0/s1. The second kappa shape index (κ2) is 7.46. The fourth-order valence-corrected chi connectivity index (χ4v) is 4.55. The normalized spacial score (nSPS) is 23.5. The van der Waals surface area contributed by atoms with Gasteiger partial charge in [-0.25, -0.2) is 4.79 Å². The molecule has 164 valence electrons. The maximum atomic E-state index is 14.2. The monoisotopic (exact) mass is 453 g/mol. The summed E-state index contributed by atoms with van der Waals surface area (Å²) in [6.07, 6.45) is -4.20. The van der Waals surface area contributed by atoms with Crippen molar-refractivity contribution in [2.24, 2.45) is 0 Å². The van der Waals surface area contributed by atoms with Gasteiger partial charge in [0.05, 0.1) is 22.7 Å². The van der Waals surface area contributed by atoms with Crippen molar-refractivity contribution in [2.45, 2.75) is 43.5 Å². The number of nitrogens with one attached hydrogen (secondary N) is 1. The summed E-state index contributed by atoms with van der Waals surface area (Å²) in [5.41, 5.74) is -3.16. The Morgan fingerprint density at radius 1 is 1.23 bits per heavy atom. The lowest BCUT2D eigenvalue weighted by Crippen LogP contribution is -2.55. The van der Waals surface area contributed by atoms with Gasteiger partial charge in [0.2, 0.25) is 0 Å². The van der Waals surface area contributed by atoms with E-state index in [0.717, 1.165) is 6.26 Å². The van der Waals surface area contributed by atoms with E-state index in [1.807, 2.05) is 0 Å². The molecular formula is C22H19ClF3NO4. The quantitative estimate of drug-likeness (QED) is 0.488.